The van der Waals surface area contributed by atoms with Crippen molar-refractivity contribution in [3.05, 3.63) is 0 Å². The predicted octanol–water partition coefficient (Wildman–Crippen LogP) is -7.23. The summed E-state index contributed by atoms with van der Waals surface area (Å²) in [5.41, 5.74) is 0. The van der Waals surface area contributed by atoms with E-state index in [2.05, 4.69) is 8.23 Å². The van der Waals surface area contributed by atoms with Gasteiger partial charge < -0.3 is 69.9 Å². The molecule has 6 N–H and O–H groups in total. The van der Waals surface area contributed by atoms with Crippen LogP contribution in [0.1, 0.15) is 0 Å². The van der Waals surface area contributed by atoms with Crippen molar-refractivity contribution in [1.82, 2.24) is 0 Å². The Morgan fingerprint density at radius 2 is 0.870 bits per heavy atom. The summed E-state index contributed by atoms with van der Waals surface area (Å²) in [4.78, 5) is 60.1. The minimum Gasteiger partial charge on any atom is -0.376 e. The molecule has 0 amide bonds. The second kappa shape index (κ2) is 4.78. The van der Waals surface area contributed by atoms with Gasteiger partial charge >= 0.3 is 54.3 Å². The fraction of sp³-hybridized carbons (Fsp3) is 0. The summed E-state index contributed by atoms with van der Waals surface area (Å²) in [6.07, 6.45) is 0. The van der Waals surface area contributed by atoms with Crippen LogP contribution < -0.4 is 0 Å². The molecule has 4 fully saturated rings. The highest BCUT2D eigenvalue weighted by atomic mass is 28.6. The molecule has 23 heteroatoms. The third-order valence-corrected chi connectivity index (χ3v) is 22.8. The van der Waals surface area contributed by atoms with Crippen molar-refractivity contribution in [3.63, 3.8) is 0 Å². The van der Waals surface area contributed by atoms with Crippen molar-refractivity contribution in [2.45, 2.75) is 0 Å². The lowest BCUT2D eigenvalue weighted by molar-refractivity contribution is -0.122. The zero-order valence-corrected chi connectivity index (χ0v) is 17.9. The molecule has 132 valence electrons. The van der Waals surface area contributed by atoms with E-state index < -0.39 is 64.3 Å². The Balaban J connectivity index is 1.86. The van der Waals surface area contributed by atoms with E-state index in [1.165, 1.54) is 0 Å². The molecule has 4 saturated heterocycles. The zero-order valence-electron chi connectivity index (χ0n) is 10.5. The lowest BCUT2D eigenvalue weighted by atomic mass is 15.5. The van der Waals surface area contributed by atoms with Crippen LogP contribution in [0.3, 0.4) is 0 Å². The molecule has 4 aliphatic rings. The van der Waals surface area contributed by atoms with Crippen molar-refractivity contribution in [2.75, 3.05) is 0 Å². The minimum absolute atomic E-state index is 2.24. The maximum Gasteiger partial charge on any atom is 0.662 e. The Bertz CT molecular complexity index is 493. The molecular formula is H8O16Si7. The summed E-state index contributed by atoms with van der Waals surface area (Å²) in [5.74, 6) is 0. The molecule has 4 aliphatic heterocycles. The van der Waals surface area contributed by atoms with Crippen LogP contribution in [0, 0.1) is 0 Å². The summed E-state index contributed by atoms with van der Waals surface area (Å²) < 4.78 is 48.0. The molecule has 0 aromatic rings. The summed E-state index contributed by atoms with van der Waals surface area (Å²) in [5, 5.41) is 0. The fourth-order valence-corrected chi connectivity index (χ4v) is 25.4. The number of hydrogen-bond donors (Lipinski definition) is 6. The van der Waals surface area contributed by atoms with Gasteiger partial charge in [-0.3, -0.25) is 0 Å². The second-order valence-corrected chi connectivity index (χ2v) is 19.7. The normalized spacial score (nSPS) is 59.2. The summed E-state index contributed by atoms with van der Waals surface area (Å²) in [7, 11) is -31.9. The SMILES string of the molecule is O[Si]1(O)O[Si]2(O)O[Si]3(O)O[SiH2]O[Si]4(O)O[Si](O)(O1)O[Si](O3)(O4)O2. The molecule has 23 heavy (non-hydrogen) atoms. The molecule has 4 heterocycles. The molecule has 0 aliphatic carbocycles. The number of rotatable bonds is 0. The zero-order chi connectivity index (χ0) is 16.8. The van der Waals surface area contributed by atoms with E-state index in [0.717, 1.165) is 0 Å². The van der Waals surface area contributed by atoms with E-state index in [4.69, 9.17) is 32.9 Å². The summed E-state index contributed by atoms with van der Waals surface area (Å²) in [6.45, 7) is 0. The smallest absolute Gasteiger partial charge is 0.376 e. The van der Waals surface area contributed by atoms with Gasteiger partial charge in [0, 0.05) is 0 Å². The van der Waals surface area contributed by atoms with Gasteiger partial charge in [0.15, 0.2) is 0 Å². The first-order valence-corrected chi connectivity index (χ1v) is 16.8. The van der Waals surface area contributed by atoms with Crippen LogP contribution in [0.15, 0.2) is 0 Å². The molecular weight excluding hydrogens is 453 g/mol. The monoisotopic (exact) mass is 460 g/mol. The highest BCUT2D eigenvalue weighted by molar-refractivity contribution is 6.94. The average Bonchev–Trinajstić information content (AvgIpc) is 2.16. The molecule has 0 aromatic heterocycles. The molecule has 4 rings (SSSR count). The van der Waals surface area contributed by atoms with Crippen LogP contribution in [0.4, 0.5) is 0 Å². The number of fused-ring (bicyclic) bond motifs is 4. The first-order chi connectivity index (χ1) is 10.4. The molecule has 16 nitrogen and oxygen atoms in total. The van der Waals surface area contributed by atoms with E-state index in [-0.39, 0.29) is 0 Å². The molecule has 0 saturated carbocycles. The van der Waals surface area contributed by atoms with E-state index in [1.807, 2.05) is 0 Å². The second-order valence-electron chi connectivity index (χ2n) is 4.37. The van der Waals surface area contributed by atoms with Gasteiger partial charge in [-0.1, -0.05) is 0 Å². The number of hydrogen-bond acceptors (Lipinski definition) is 16. The van der Waals surface area contributed by atoms with Crippen LogP contribution in [-0.4, -0.2) is 93.1 Å². The Morgan fingerprint density at radius 3 is 1.30 bits per heavy atom. The molecule has 1 spiro atoms. The molecule has 0 aromatic carbocycles. The third-order valence-electron chi connectivity index (χ3n) is 2.54. The van der Waals surface area contributed by atoms with Gasteiger partial charge in [-0.2, -0.15) is 0 Å². The first-order valence-electron chi connectivity index (χ1n) is 5.59. The molecule has 4 atom stereocenters. The van der Waals surface area contributed by atoms with Crippen LogP contribution in [0.25, 0.3) is 0 Å². The Kier molecular flexibility index (Phi) is 3.59. The van der Waals surface area contributed by atoms with E-state index >= 15 is 0 Å². The summed E-state index contributed by atoms with van der Waals surface area (Å²) >= 11 is 0. The van der Waals surface area contributed by atoms with Gasteiger partial charge in [0.2, 0.25) is 0 Å². The molecule has 5 bridgehead atoms. The topological polar surface area (TPSA) is 214 Å². The van der Waals surface area contributed by atoms with Gasteiger partial charge in [-0.15, -0.1) is 0 Å². The standard InChI is InChI=1S/H8O16Si7/c1-18(2)9-21(5)11-19(3)7-17-8-20(4)12-22(6,10-18)16-23(13-19,14-20)15-21/h1-6H,17H2. The third kappa shape index (κ3) is 3.08. The highest BCUT2D eigenvalue weighted by Crippen LogP contribution is 2.41. The van der Waals surface area contributed by atoms with Crippen molar-refractivity contribution in [3.8, 4) is 0 Å². The van der Waals surface area contributed by atoms with Crippen molar-refractivity contribution < 1.29 is 69.9 Å². The Morgan fingerprint density at radius 1 is 0.478 bits per heavy atom. The van der Waals surface area contributed by atoms with Gasteiger partial charge in [-0.25, -0.2) is 0 Å². The van der Waals surface area contributed by atoms with Gasteiger partial charge in [0.1, 0.15) is 0 Å². The van der Waals surface area contributed by atoms with Crippen molar-refractivity contribution in [1.29, 1.82) is 0 Å². The van der Waals surface area contributed by atoms with E-state index in [9.17, 15) is 28.8 Å². The Hall–Kier alpha value is 0.878. The van der Waals surface area contributed by atoms with Crippen LogP contribution >= 0.6 is 0 Å². The van der Waals surface area contributed by atoms with E-state index in [0.29, 0.717) is 0 Å². The largest absolute Gasteiger partial charge is 0.662 e. The highest BCUT2D eigenvalue weighted by Gasteiger charge is 2.85. The van der Waals surface area contributed by atoms with E-state index in [1.54, 1.807) is 0 Å². The maximum absolute atomic E-state index is 10.2. The van der Waals surface area contributed by atoms with Crippen LogP contribution in [0.2, 0.25) is 0 Å². The van der Waals surface area contributed by atoms with Gasteiger partial charge in [0.25, 0.3) is 10.0 Å². The minimum atomic E-state index is -5.34. The van der Waals surface area contributed by atoms with Crippen molar-refractivity contribution in [2.24, 2.45) is 0 Å². The van der Waals surface area contributed by atoms with Crippen LogP contribution in [0.5, 0.6) is 0 Å². The van der Waals surface area contributed by atoms with Gasteiger partial charge in [-0.05, 0) is 0 Å². The Labute approximate surface area is 134 Å². The molecule has 0 radical (unpaired) electrons. The first kappa shape index (κ1) is 17.3. The fourth-order valence-electron chi connectivity index (χ4n) is 1.90. The maximum atomic E-state index is 10.2. The summed E-state index contributed by atoms with van der Waals surface area (Å²) in [6, 6.07) is 0. The molecule has 4 unspecified atom stereocenters. The lowest BCUT2D eigenvalue weighted by Gasteiger charge is -2.52. The predicted molar refractivity (Wildman–Crippen MR) is 67.2 cm³/mol. The average molecular weight is 461 g/mol. The van der Waals surface area contributed by atoms with Crippen molar-refractivity contribution >= 4 is 64.3 Å². The lowest BCUT2D eigenvalue weighted by Crippen LogP contribution is -2.87. The van der Waals surface area contributed by atoms with Gasteiger partial charge in [0.05, 0.1) is 0 Å². The quantitative estimate of drug-likeness (QED) is 0.185. The van der Waals surface area contributed by atoms with Crippen LogP contribution in [-0.2, 0) is 41.2 Å².